The van der Waals surface area contributed by atoms with E-state index in [2.05, 4.69) is 15.2 Å². The van der Waals surface area contributed by atoms with Crippen LogP contribution in [0.3, 0.4) is 0 Å². The lowest BCUT2D eigenvalue weighted by molar-refractivity contribution is 0.0600. The maximum absolute atomic E-state index is 12.6. The van der Waals surface area contributed by atoms with Crippen LogP contribution in [0.4, 0.5) is 10.5 Å². The number of rotatable bonds is 6. The lowest BCUT2D eigenvalue weighted by Gasteiger charge is -2.36. The van der Waals surface area contributed by atoms with Gasteiger partial charge in [0.1, 0.15) is 5.75 Å². The average molecular weight is 465 g/mol. The molecule has 0 unspecified atom stereocenters. The monoisotopic (exact) mass is 464 g/mol. The van der Waals surface area contributed by atoms with Crippen LogP contribution in [0.25, 0.3) is 11.3 Å². The molecule has 0 spiro atoms. The second-order valence-corrected chi connectivity index (χ2v) is 7.95. The van der Waals surface area contributed by atoms with E-state index in [0.717, 1.165) is 16.8 Å². The predicted octanol–water partition coefficient (Wildman–Crippen LogP) is 3.48. The molecule has 4 rings (SSSR count). The molecule has 1 fully saturated rings. The Labute approximate surface area is 198 Å². The first-order valence-corrected chi connectivity index (χ1v) is 11.0. The number of nitrogens with zero attached hydrogens (tertiary/aromatic N) is 3. The van der Waals surface area contributed by atoms with Crippen molar-refractivity contribution >= 4 is 17.7 Å². The van der Waals surface area contributed by atoms with Crippen molar-refractivity contribution in [3.8, 4) is 17.1 Å². The molecule has 1 aliphatic rings. The number of aryl methyl sites for hydroxylation is 1. The minimum atomic E-state index is -0.381. The molecule has 34 heavy (non-hydrogen) atoms. The van der Waals surface area contributed by atoms with Crippen molar-refractivity contribution in [1.29, 1.82) is 0 Å². The molecule has 0 bridgehead atoms. The number of hydrogen-bond donors (Lipinski definition) is 1. The van der Waals surface area contributed by atoms with E-state index in [1.54, 1.807) is 32.4 Å². The largest absolute Gasteiger partial charge is 0.496 e. The second-order valence-electron chi connectivity index (χ2n) is 7.95. The highest BCUT2D eigenvalue weighted by Gasteiger charge is 2.22. The fourth-order valence-corrected chi connectivity index (χ4v) is 3.90. The summed E-state index contributed by atoms with van der Waals surface area (Å²) in [7, 11) is 2.98. The maximum atomic E-state index is 12.6. The van der Waals surface area contributed by atoms with Gasteiger partial charge >= 0.3 is 12.0 Å². The molecule has 3 aromatic rings. The van der Waals surface area contributed by atoms with Crippen LogP contribution < -0.4 is 15.0 Å². The van der Waals surface area contributed by atoms with E-state index in [9.17, 15) is 9.59 Å². The van der Waals surface area contributed by atoms with Crippen LogP contribution in [0, 0.1) is 6.92 Å². The summed E-state index contributed by atoms with van der Waals surface area (Å²) in [6.07, 6.45) is 1.69. The Kier molecular flexibility index (Phi) is 7.01. The van der Waals surface area contributed by atoms with Crippen LogP contribution in [-0.2, 0) is 11.3 Å². The lowest BCUT2D eigenvalue weighted by atomic mass is 10.1. The number of aromatic nitrogens is 1. The molecule has 1 N–H and O–H groups in total. The summed E-state index contributed by atoms with van der Waals surface area (Å²) >= 11 is 0. The smallest absolute Gasteiger partial charge is 0.337 e. The number of carbonyl (C=O) groups is 2. The van der Waals surface area contributed by atoms with E-state index in [4.69, 9.17) is 13.9 Å². The van der Waals surface area contributed by atoms with E-state index in [0.29, 0.717) is 55.7 Å². The van der Waals surface area contributed by atoms with Gasteiger partial charge in [0.25, 0.3) is 0 Å². The van der Waals surface area contributed by atoms with E-state index >= 15 is 0 Å². The second kappa shape index (κ2) is 10.3. The summed E-state index contributed by atoms with van der Waals surface area (Å²) in [5.74, 6) is 1.61. The van der Waals surface area contributed by atoms with Gasteiger partial charge in [-0.25, -0.2) is 14.6 Å². The summed E-state index contributed by atoms with van der Waals surface area (Å²) < 4.78 is 15.9. The number of nitrogens with one attached hydrogen (secondary N) is 1. The van der Waals surface area contributed by atoms with Crippen LogP contribution in [-0.4, -0.2) is 62.3 Å². The number of benzene rings is 2. The van der Waals surface area contributed by atoms with Crippen molar-refractivity contribution in [2.24, 2.45) is 0 Å². The third-order valence-corrected chi connectivity index (χ3v) is 5.82. The number of piperazine rings is 1. The fourth-order valence-electron chi connectivity index (χ4n) is 3.90. The summed E-state index contributed by atoms with van der Waals surface area (Å²) in [4.78, 5) is 32.4. The van der Waals surface area contributed by atoms with E-state index in [1.165, 1.54) is 7.11 Å². The van der Waals surface area contributed by atoms with Gasteiger partial charge in [-0.05, 0) is 29.8 Å². The molecular weight excluding hydrogens is 436 g/mol. The molecule has 1 aliphatic heterocycles. The molecule has 9 nitrogen and oxygen atoms in total. The standard InChI is InChI=1S/C25H28N4O5/c1-17-26-16-23(34-17)21-9-8-20(14-22(21)32-2)28-10-12-29(13-11-28)25(31)27-15-18-4-6-19(7-5-18)24(30)33-3/h4-9,14,16H,10-13,15H2,1-3H3,(H,27,31). The van der Waals surface area contributed by atoms with Crippen molar-refractivity contribution in [3.63, 3.8) is 0 Å². The van der Waals surface area contributed by atoms with E-state index in [1.807, 2.05) is 35.2 Å². The number of ether oxygens (including phenoxy) is 2. The topological polar surface area (TPSA) is 97.1 Å². The zero-order valence-corrected chi connectivity index (χ0v) is 19.5. The van der Waals surface area contributed by atoms with Gasteiger partial charge in [0.15, 0.2) is 11.7 Å². The summed E-state index contributed by atoms with van der Waals surface area (Å²) in [6, 6.07) is 12.9. The zero-order chi connectivity index (χ0) is 24.1. The first-order chi connectivity index (χ1) is 16.5. The quantitative estimate of drug-likeness (QED) is 0.558. The van der Waals surface area contributed by atoms with Crippen LogP contribution in [0.5, 0.6) is 5.75 Å². The molecule has 178 valence electrons. The normalized spacial score (nSPS) is 13.5. The fraction of sp³-hybridized carbons (Fsp3) is 0.320. The minimum Gasteiger partial charge on any atom is -0.496 e. The Bertz CT molecular complexity index is 1150. The number of hydrogen-bond acceptors (Lipinski definition) is 7. The molecule has 1 saturated heterocycles. The summed E-state index contributed by atoms with van der Waals surface area (Å²) in [5, 5.41) is 2.95. The highest BCUT2D eigenvalue weighted by atomic mass is 16.5. The van der Waals surface area contributed by atoms with Gasteiger partial charge in [0.2, 0.25) is 0 Å². The third-order valence-electron chi connectivity index (χ3n) is 5.82. The van der Waals surface area contributed by atoms with Crippen molar-refractivity contribution < 1.29 is 23.5 Å². The highest BCUT2D eigenvalue weighted by Crippen LogP contribution is 2.34. The molecule has 2 aromatic carbocycles. The number of urea groups is 1. The Hall–Kier alpha value is -4.01. The molecule has 9 heteroatoms. The Balaban J connectivity index is 1.31. The first-order valence-electron chi connectivity index (χ1n) is 11.0. The van der Waals surface area contributed by atoms with Crippen molar-refractivity contribution in [3.05, 3.63) is 65.7 Å². The van der Waals surface area contributed by atoms with Crippen LogP contribution in [0.15, 0.2) is 53.1 Å². The minimum absolute atomic E-state index is 0.106. The van der Waals surface area contributed by atoms with E-state index in [-0.39, 0.29) is 12.0 Å². The molecule has 0 atom stereocenters. The molecule has 2 amide bonds. The van der Waals surface area contributed by atoms with Crippen LogP contribution in [0.1, 0.15) is 21.8 Å². The molecule has 0 radical (unpaired) electrons. The number of amides is 2. The molecule has 0 saturated carbocycles. The number of esters is 1. The SMILES string of the molecule is COC(=O)c1ccc(CNC(=O)N2CCN(c3ccc(-c4cnc(C)o4)c(OC)c3)CC2)cc1. The highest BCUT2D eigenvalue weighted by molar-refractivity contribution is 5.89. The first kappa shape index (κ1) is 23.2. The zero-order valence-electron chi connectivity index (χ0n) is 19.5. The number of anilines is 1. The van der Waals surface area contributed by atoms with Gasteiger partial charge in [-0.2, -0.15) is 0 Å². The molecule has 2 heterocycles. The predicted molar refractivity (Wildman–Crippen MR) is 127 cm³/mol. The Morgan fingerprint density at radius 2 is 1.79 bits per heavy atom. The van der Waals surface area contributed by atoms with E-state index < -0.39 is 0 Å². The number of methoxy groups -OCH3 is 2. The number of oxazole rings is 1. The number of carbonyl (C=O) groups excluding carboxylic acids is 2. The van der Waals surface area contributed by atoms with Crippen LogP contribution in [0.2, 0.25) is 0 Å². The van der Waals surface area contributed by atoms with Gasteiger partial charge in [0, 0.05) is 51.4 Å². The van der Waals surface area contributed by atoms with Gasteiger partial charge in [-0.3, -0.25) is 0 Å². The molecular formula is C25H28N4O5. The van der Waals surface area contributed by atoms with Gasteiger partial charge in [0.05, 0.1) is 31.5 Å². The van der Waals surface area contributed by atoms with Gasteiger partial charge < -0.3 is 29.0 Å². The molecule has 0 aliphatic carbocycles. The lowest BCUT2D eigenvalue weighted by Crippen LogP contribution is -2.51. The molecule has 1 aromatic heterocycles. The van der Waals surface area contributed by atoms with Crippen molar-refractivity contribution in [2.75, 3.05) is 45.3 Å². The van der Waals surface area contributed by atoms with Crippen molar-refractivity contribution in [1.82, 2.24) is 15.2 Å². The van der Waals surface area contributed by atoms with Gasteiger partial charge in [-0.15, -0.1) is 0 Å². The van der Waals surface area contributed by atoms with Crippen molar-refractivity contribution in [2.45, 2.75) is 13.5 Å². The summed E-state index contributed by atoms with van der Waals surface area (Å²) in [5.41, 5.74) is 3.27. The Morgan fingerprint density at radius 1 is 1.06 bits per heavy atom. The maximum Gasteiger partial charge on any atom is 0.337 e. The Morgan fingerprint density at radius 3 is 2.41 bits per heavy atom. The average Bonchev–Trinajstić information content (AvgIpc) is 3.32. The third kappa shape index (κ3) is 5.14. The summed E-state index contributed by atoms with van der Waals surface area (Å²) in [6.45, 7) is 4.84. The van der Waals surface area contributed by atoms with Gasteiger partial charge in [-0.1, -0.05) is 12.1 Å². The van der Waals surface area contributed by atoms with Crippen LogP contribution >= 0.6 is 0 Å².